The second-order valence-corrected chi connectivity index (χ2v) is 6.87. The summed E-state index contributed by atoms with van der Waals surface area (Å²) in [6.45, 7) is 3.18. The predicted molar refractivity (Wildman–Crippen MR) is 117 cm³/mol. The van der Waals surface area contributed by atoms with Crippen LogP contribution in [0.1, 0.15) is 42.1 Å². The molecule has 0 aliphatic rings. The van der Waals surface area contributed by atoms with Gasteiger partial charge in [-0.3, -0.25) is 4.98 Å². The summed E-state index contributed by atoms with van der Waals surface area (Å²) in [6, 6.07) is 22.2. The van der Waals surface area contributed by atoms with E-state index in [0.717, 1.165) is 42.6 Å². The van der Waals surface area contributed by atoms with E-state index in [0.29, 0.717) is 0 Å². The third-order valence-corrected chi connectivity index (χ3v) is 4.91. The summed E-state index contributed by atoms with van der Waals surface area (Å²) in [5, 5.41) is 12.9. The van der Waals surface area contributed by atoms with E-state index in [2.05, 4.69) is 48.6 Å². The second-order valence-electron chi connectivity index (χ2n) is 6.87. The summed E-state index contributed by atoms with van der Waals surface area (Å²) in [5.74, 6) is 0.277. The highest BCUT2D eigenvalue weighted by atomic mass is 16.3. The Kier molecular flexibility index (Phi) is 6.99. The number of hydrogen-bond donors (Lipinski definition) is 2. The topological polar surface area (TPSA) is 45.1 Å². The van der Waals surface area contributed by atoms with E-state index in [1.165, 1.54) is 16.7 Å². The van der Waals surface area contributed by atoms with Crippen molar-refractivity contribution < 1.29 is 5.11 Å². The van der Waals surface area contributed by atoms with E-state index < -0.39 is 0 Å². The Hall–Kier alpha value is -2.91. The van der Waals surface area contributed by atoms with Crippen molar-refractivity contribution in [3.05, 3.63) is 95.3 Å². The highest BCUT2D eigenvalue weighted by molar-refractivity contribution is 5.98. The van der Waals surface area contributed by atoms with Crippen LogP contribution < -0.4 is 5.32 Å². The number of benzene rings is 2. The van der Waals surface area contributed by atoms with Gasteiger partial charge in [-0.25, -0.2) is 0 Å². The van der Waals surface area contributed by atoms with Gasteiger partial charge in [-0.1, -0.05) is 55.5 Å². The molecule has 28 heavy (non-hydrogen) atoms. The number of hydrogen-bond acceptors (Lipinski definition) is 3. The zero-order valence-electron chi connectivity index (χ0n) is 16.7. The number of allylic oxidation sites excluding steroid dienone is 1. The molecule has 0 bridgehead atoms. The molecule has 0 atom stereocenters. The summed E-state index contributed by atoms with van der Waals surface area (Å²) in [4.78, 5) is 4.71. The van der Waals surface area contributed by atoms with Gasteiger partial charge in [-0.2, -0.15) is 0 Å². The average Bonchev–Trinajstić information content (AvgIpc) is 2.74. The number of phenolic OH excluding ortho intramolecular Hbond substituents is 1. The van der Waals surface area contributed by atoms with Crippen LogP contribution in [-0.4, -0.2) is 23.7 Å². The minimum absolute atomic E-state index is 0.277. The second kappa shape index (κ2) is 9.86. The first-order chi connectivity index (χ1) is 13.7. The minimum atomic E-state index is 0.277. The van der Waals surface area contributed by atoms with E-state index in [1.54, 1.807) is 12.1 Å². The van der Waals surface area contributed by atoms with Gasteiger partial charge >= 0.3 is 0 Å². The Morgan fingerprint density at radius 3 is 2.21 bits per heavy atom. The van der Waals surface area contributed by atoms with Gasteiger partial charge in [0.25, 0.3) is 0 Å². The molecule has 0 amide bonds. The molecule has 1 aromatic heterocycles. The minimum Gasteiger partial charge on any atom is -0.508 e. The Bertz CT molecular complexity index is 898. The van der Waals surface area contributed by atoms with Gasteiger partial charge in [-0.05, 0) is 73.3 Å². The molecule has 3 rings (SSSR count). The molecule has 0 fully saturated rings. The average molecular weight is 373 g/mol. The lowest BCUT2D eigenvalue weighted by atomic mass is 9.89. The van der Waals surface area contributed by atoms with Crippen LogP contribution in [0.25, 0.3) is 11.1 Å². The fraction of sp³-hybridized carbons (Fsp3) is 0.240. The summed E-state index contributed by atoms with van der Waals surface area (Å²) in [5.41, 5.74) is 6.96. The molecule has 0 unspecified atom stereocenters. The number of rotatable bonds is 8. The van der Waals surface area contributed by atoms with Crippen molar-refractivity contribution >= 4 is 11.1 Å². The number of aromatic nitrogens is 1. The zero-order chi connectivity index (χ0) is 19.8. The molecule has 3 heteroatoms. The van der Waals surface area contributed by atoms with Gasteiger partial charge in [0.1, 0.15) is 5.75 Å². The third kappa shape index (κ3) is 4.87. The molecule has 3 aromatic rings. The van der Waals surface area contributed by atoms with Crippen molar-refractivity contribution in [1.82, 2.24) is 10.3 Å². The fourth-order valence-electron chi connectivity index (χ4n) is 3.47. The molecule has 0 aliphatic heterocycles. The first-order valence-corrected chi connectivity index (χ1v) is 9.90. The number of aryl methyl sites for hydroxylation is 1. The Balaban J connectivity index is 2.06. The van der Waals surface area contributed by atoms with E-state index in [4.69, 9.17) is 4.98 Å². The van der Waals surface area contributed by atoms with Crippen LogP contribution in [0.5, 0.6) is 5.75 Å². The van der Waals surface area contributed by atoms with Gasteiger partial charge in [0.15, 0.2) is 0 Å². The van der Waals surface area contributed by atoms with Gasteiger partial charge < -0.3 is 10.4 Å². The normalized spacial score (nSPS) is 11.9. The molecule has 2 N–H and O–H groups in total. The van der Waals surface area contributed by atoms with Crippen LogP contribution >= 0.6 is 0 Å². The highest BCUT2D eigenvalue weighted by Crippen LogP contribution is 2.34. The Labute approximate surface area is 167 Å². The van der Waals surface area contributed by atoms with Crippen molar-refractivity contribution in [2.24, 2.45) is 0 Å². The summed E-state index contributed by atoms with van der Waals surface area (Å²) in [7, 11) is 1.97. The molecule has 0 spiro atoms. The van der Waals surface area contributed by atoms with Crippen LogP contribution in [0.2, 0.25) is 0 Å². The number of pyridine rings is 1. The fourth-order valence-corrected chi connectivity index (χ4v) is 3.47. The van der Waals surface area contributed by atoms with Crippen molar-refractivity contribution in [2.75, 3.05) is 13.6 Å². The lowest BCUT2D eigenvalue weighted by Gasteiger charge is -2.16. The molecule has 3 nitrogen and oxygen atoms in total. The summed E-state index contributed by atoms with van der Waals surface area (Å²) < 4.78 is 0. The van der Waals surface area contributed by atoms with Crippen molar-refractivity contribution in [1.29, 1.82) is 0 Å². The molecule has 0 radical (unpaired) electrons. The maximum absolute atomic E-state index is 9.73. The quantitative estimate of drug-likeness (QED) is 0.416. The lowest BCUT2D eigenvalue weighted by Crippen LogP contribution is -2.08. The van der Waals surface area contributed by atoms with Gasteiger partial charge in [0.2, 0.25) is 0 Å². The lowest BCUT2D eigenvalue weighted by molar-refractivity contribution is 0.475. The van der Waals surface area contributed by atoms with Crippen LogP contribution in [0.15, 0.2) is 72.9 Å². The standard InChI is InChI=1S/C25H28N2O/c1-3-24(19-8-5-4-6-9-19)25(20-12-15-23(28)16-13-20)21-11-14-22(27-18-21)10-7-17-26-2/h4-6,8-9,11-16,18,26,28H,3,7,10,17H2,1-2H3/b25-24+. The van der Waals surface area contributed by atoms with E-state index in [1.807, 2.05) is 31.4 Å². The molecule has 2 aromatic carbocycles. The molecule has 0 saturated heterocycles. The van der Waals surface area contributed by atoms with Gasteiger partial charge in [0, 0.05) is 17.5 Å². The van der Waals surface area contributed by atoms with Crippen molar-refractivity contribution in [3.8, 4) is 5.75 Å². The monoisotopic (exact) mass is 372 g/mol. The zero-order valence-corrected chi connectivity index (χ0v) is 16.7. The van der Waals surface area contributed by atoms with Crippen molar-refractivity contribution in [2.45, 2.75) is 26.2 Å². The van der Waals surface area contributed by atoms with Gasteiger partial charge in [0.05, 0.1) is 0 Å². The SMILES string of the molecule is CC/C(=C(/c1ccc(O)cc1)c1ccc(CCCNC)nc1)c1ccccc1. The van der Waals surface area contributed by atoms with Crippen LogP contribution in [0, 0.1) is 0 Å². The maximum atomic E-state index is 9.73. The van der Waals surface area contributed by atoms with E-state index in [-0.39, 0.29) is 5.75 Å². The molecule has 1 heterocycles. The van der Waals surface area contributed by atoms with Crippen molar-refractivity contribution in [3.63, 3.8) is 0 Å². The van der Waals surface area contributed by atoms with Crippen LogP contribution in [0.3, 0.4) is 0 Å². The molecular weight excluding hydrogens is 344 g/mol. The first kappa shape index (κ1) is 19.8. The van der Waals surface area contributed by atoms with E-state index >= 15 is 0 Å². The van der Waals surface area contributed by atoms with E-state index in [9.17, 15) is 5.11 Å². The van der Waals surface area contributed by atoms with Crippen LogP contribution in [-0.2, 0) is 6.42 Å². The first-order valence-electron chi connectivity index (χ1n) is 9.90. The predicted octanol–water partition coefficient (Wildman–Crippen LogP) is 5.31. The van der Waals surface area contributed by atoms with Crippen LogP contribution in [0.4, 0.5) is 0 Å². The number of nitrogens with zero attached hydrogens (tertiary/aromatic N) is 1. The summed E-state index contributed by atoms with van der Waals surface area (Å²) >= 11 is 0. The largest absolute Gasteiger partial charge is 0.508 e. The molecule has 144 valence electrons. The van der Waals surface area contributed by atoms with Gasteiger partial charge in [-0.15, -0.1) is 0 Å². The molecule has 0 aliphatic carbocycles. The summed E-state index contributed by atoms with van der Waals surface area (Å²) in [6.07, 6.45) is 4.94. The smallest absolute Gasteiger partial charge is 0.115 e. The maximum Gasteiger partial charge on any atom is 0.115 e. The number of nitrogens with one attached hydrogen (secondary N) is 1. The third-order valence-electron chi connectivity index (χ3n) is 4.91. The Morgan fingerprint density at radius 1 is 0.893 bits per heavy atom. The number of aromatic hydroxyl groups is 1. The molecular formula is C25H28N2O. The Morgan fingerprint density at radius 2 is 1.61 bits per heavy atom. The highest BCUT2D eigenvalue weighted by Gasteiger charge is 2.13. The molecule has 0 saturated carbocycles. The number of phenols is 1.